The van der Waals surface area contributed by atoms with E-state index >= 15 is 0 Å². The van der Waals surface area contributed by atoms with Gasteiger partial charge in [-0.3, -0.25) is 0 Å². The number of nitrogens with one attached hydrogen (secondary N) is 1. The maximum Gasteiger partial charge on any atom is 0.225 e. The summed E-state index contributed by atoms with van der Waals surface area (Å²) in [4.78, 5) is 8.27. The molecule has 0 amide bonds. The summed E-state index contributed by atoms with van der Waals surface area (Å²) in [5.74, 6) is 1.55. The van der Waals surface area contributed by atoms with Crippen LogP contribution in [0.1, 0.15) is 46.5 Å². The number of aromatic nitrogens is 2. The molecule has 1 heterocycles. The number of anilines is 2. The van der Waals surface area contributed by atoms with Crippen LogP contribution in [0.25, 0.3) is 0 Å². The van der Waals surface area contributed by atoms with E-state index in [9.17, 15) is 0 Å². The van der Waals surface area contributed by atoms with E-state index in [-0.39, 0.29) is 12.1 Å². The molecule has 1 saturated carbocycles. The third-order valence-corrected chi connectivity index (χ3v) is 3.65. The molecule has 2 rings (SSSR count). The van der Waals surface area contributed by atoms with E-state index in [0.29, 0.717) is 11.3 Å². The molecule has 106 valence electrons. The molecule has 0 saturated heterocycles. The molecule has 19 heavy (non-hydrogen) atoms. The largest absolute Gasteiger partial charge is 0.474 e. The minimum Gasteiger partial charge on any atom is -0.474 e. The normalized spacial score (nSPS) is 19.1. The number of nitrogens with two attached hydrogens (primary N) is 1. The number of hydrogen-bond donors (Lipinski definition) is 2. The molecule has 1 aliphatic rings. The molecule has 1 aromatic rings. The Morgan fingerprint density at radius 2 is 2.05 bits per heavy atom. The molecule has 0 aromatic carbocycles. The van der Waals surface area contributed by atoms with Gasteiger partial charge in [0.15, 0.2) is 0 Å². The van der Waals surface area contributed by atoms with Gasteiger partial charge >= 0.3 is 0 Å². The first kappa shape index (κ1) is 13.9. The highest BCUT2D eigenvalue weighted by atomic mass is 16.5. The van der Waals surface area contributed by atoms with Gasteiger partial charge in [-0.15, -0.1) is 0 Å². The quantitative estimate of drug-likeness (QED) is 0.874. The molecule has 0 unspecified atom stereocenters. The van der Waals surface area contributed by atoms with Crippen LogP contribution in [0.2, 0.25) is 0 Å². The van der Waals surface area contributed by atoms with Crippen molar-refractivity contribution in [2.24, 2.45) is 5.41 Å². The molecule has 0 bridgehead atoms. The Bertz CT molecular complexity index is 423. The van der Waals surface area contributed by atoms with Crippen molar-refractivity contribution in [3.8, 4) is 5.88 Å². The number of nitrogen functional groups attached to an aromatic ring is 1. The topological polar surface area (TPSA) is 73.1 Å². The summed E-state index contributed by atoms with van der Waals surface area (Å²) in [6, 6.07) is 1.82. The highest BCUT2D eigenvalue weighted by Gasteiger charge is 2.28. The van der Waals surface area contributed by atoms with E-state index < -0.39 is 0 Å². The molecule has 5 heteroatoms. The lowest BCUT2D eigenvalue weighted by atomic mass is 9.76. The van der Waals surface area contributed by atoms with Crippen LogP contribution in [0.15, 0.2) is 6.07 Å². The number of nitrogens with zero attached hydrogens (tertiary/aromatic N) is 2. The van der Waals surface area contributed by atoms with Gasteiger partial charge in [-0.05, 0) is 38.0 Å². The molecule has 1 fully saturated rings. The predicted molar refractivity (Wildman–Crippen MR) is 77.3 cm³/mol. The van der Waals surface area contributed by atoms with Gasteiger partial charge in [0.2, 0.25) is 11.8 Å². The van der Waals surface area contributed by atoms with Crippen LogP contribution in [0.4, 0.5) is 11.8 Å². The van der Waals surface area contributed by atoms with Crippen molar-refractivity contribution in [1.29, 1.82) is 0 Å². The number of ether oxygens (including phenoxy) is 1. The molecule has 5 nitrogen and oxygen atoms in total. The van der Waals surface area contributed by atoms with Crippen LogP contribution >= 0.6 is 0 Å². The van der Waals surface area contributed by atoms with Crippen molar-refractivity contribution < 1.29 is 4.74 Å². The van der Waals surface area contributed by atoms with Crippen LogP contribution in [0, 0.1) is 5.41 Å². The summed E-state index contributed by atoms with van der Waals surface area (Å²) in [7, 11) is 0. The van der Waals surface area contributed by atoms with E-state index in [4.69, 9.17) is 10.5 Å². The molecule has 1 aliphatic carbocycles. The maximum absolute atomic E-state index is 5.95. The smallest absolute Gasteiger partial charge is 0.225 e. The Hall–Kier alpha value is -1.52. The highest BCUT2D eigenvalue weighted by Crippen LogP contribution is 2.36. The van der Waals surface area contributed by atoms with Crippen molar-refractivity contribution in [1.82, 2.24) is 9.97 Å². The second-order valence-electron chi connectivity index (χ2n) is 5.96. The fraction of sp³-hybridized carbons (Fsp3) is 0.714. The zero-order valence-corrected chi connectivity index (χ0v) is 12.1. The van der Waals surface area contributed by atoms with Crippen LogP contribution in [-0.4, -0.2) is 22.6 Å². The fourth-order valence-electron chi connectivity index (χ4n) is 2.44. The summed E-state index contributed by atoms with van der Waals surface area (Å²) in [5.41, 5.74) is 6.14. The third kappa shape index (κ3) is 3.98. The van der Waals surface area contributed by atoms with Crippen molar-refractivity contribution in [3.05, 3.63) is 6.07 Å². The summed E-state index contributed by atoms with van der Waals surface area (Å²) in [6.45, 7) is 7.44. The Kier molecular flexibility index (Phi) is 4.12. The molecule has 0 radical (unpaired) electrons. The minimum atomic E-state index is 0.247. The van der Waals surface area contributed by atoms with Gasteiger partial charge in [0, 0.05) is 12.6 Å². The second-order valence-corrected chi connectivity index (χ2v) is 5.96. The zero-order valence-electron chi connectivity index (χ0n) is 12.1. The van der Waals surface area contributed by atoms with Crippen LogP contribution in [-0.2, 0) is 0 Å². The van der Waals surface area contributed by atoms with Crippen LogP contribution in [0.3, 0.4) is 0 Å². The molecule has 0 aliphatic heterocycles. The average molecular weight is 264 g/mol. The molecule has 0 atom stereocenters. The van der Waals surface area contributed by atoms with E-state index in [1.54, 1.807) is 0 Å². The zero-order chi connectivity index (χ0) is 13.9. The van der Waals surface area contributed by atoms with Crippen molar-refractivity contribution >= 4 is 11.8 Å². The van der Waals surface area contributed by atoms with Crippen LogP contribution in [0.5, 0.6) is 5.88 Å². The Morgan fingerprint density at radius 3 is 2.68 bits per heavy atom. The Morgan fingerprint density at radius 1 is 1.37 bits per heavy atom. The van der Waals surface area contributed by atoms with E-state index in [1.165, 1.54) is 12.8 Å². The maximum atomic E-state index is 5.95. The van der Waals surface area contributed by atoms with Crippen LogP contribution < -0.4 is 15.8 Å². The molecular weight excluding hydrogens is 240 g/mol. The van der Waals surface area contributed by atoms with Gasteiger partial charge in [0.05, 0.1) is 0 Å². The number of rotatable bonds is 4. The highest BCUT2D eigenvalue weighted by molar-refractivity contribution is 5.42. The molecule has 1 aromatic heterocycles. The third-order valence-electron chi connectivity index (χ3n) is 3.65. The Balaban J connectivity index is 1.99. The average Bonchev–Trinajstić information content (AvgIpc) is 2.32. The van der Waals surface area contributed by atoms with Crippen molar-refractivity contribution in [3.63, 3.8) is 0 Å². The summed E-state index contributed by atoms with van der Waals surface area (Å²) < 4.78 is 5.95. The first-order valence-electron chi connectivity index (χ1n) is 7.03. The van der Waals surface area contributed by atoms with Gasteiger partial charge in [0.25, 0.3) is 0 Å². The number of hydrogen-bond acceptors (Lipinski definition) is 5. The summed E-state index contributed by atoms with van der Waals surface area (Å²) >= 11 is 0. The lowest BCUT2D eigenvalue weighted by Crippen LogP contribution is -2.28. The summed E-state index contributed by atoms with van der Waals surface area (Å²) in [6.07, 6.45) is 4.79. The monoisotopic (exact) mass is 264 g/mol. The van der Waals surface area contributed by atoms with Gasteiger partial charge in [-0.1, -0.05) is 13.8 Å². The minimum absolute atomic E-state index is 0.247. The van der Waals surface area contributed by atoms with Gasteiger partial charge in [0.1, 0.15) is 11.9 Å². The van der Waals surface area contributed by atoms with Gasteiger partial charge in [-0.2, -0.15) is 9.97 Å². The standard InChI is InChI=1S/C14H24N4O/c1-4-16-11-9-12(18-13(15)17-11)19-10-5-7-14(2,3)8-6-10/h9-10H,4-8H2,1-3H3,(H3,15,16,17,18). The lowest BCUT2D eigenvalue weighted by molar-refractivity contribution is 0.0950. The fourth-order valence-corrected chi connectivity index (χ4v) is 2.44. The molecular formula is C14H24N4O. The van der Waals surface area contributed by atoms with Crippen molar-refractivity contribution in [2.75, 3.05) is 17.6 Å². The first-order chi connectivity index (χ1) is 8.98. The molecule has 3 N–H and O–H groups in total. The predicted octanol–water partition coefficient (Wildman–Crippen LogP) is 2.84. The second kappa shape index (κ2) is 5.63. The summed E-state index contributed by atoms with van der Waals surface area (Å²) in [5, 5.41) is 3.13. The Labute approximate surface area is 115 Å². The van der Waals surface area contributed by atoms with E-state index in [0.717, 1.165) is 25.2 Å². The van der Waals surface area contributed by atoms with Crippen molar-refractivity contribution in [2.45, 2.75) is 52.6 Å². The van der Waals surface area contributed by atoms with E-state index in [1.807, 2.05) is 13.0 Å². The molecule has 0 spiro atoms. The first-order valence-corrected chi connectivity index (χ1v) is 7.03. The van der Waals surface area contributed by atoms with Gasteiger partial charge in [-0.25, -0.2) is 0 Å². The van der Waals surface area contributed by atoms with E-state index in [2.05, 4.69) is 29.1 Å². The van der Waals surface area contributed by atoms with Gasteiger partial charge < -0.3 is 15.8 Å². The SMILES string of the molecule is CCNc1cc(OC2CCC(C)(C)CC2)nc(N)n1. The lowest BCUT2D eigenvalue weighted by Gasteiger charge is -2.34.